The van der Waals surface area contributed by atoms with E-state index in [1.807, 2.05) is 0 Å². The molecule has 0 aromatic heterocycles. The monoisotopic (exact) mass is 482 g/mol. The van der Waals surface area contributed by atoms with E-state index in [0.29, 0.717) is 0 Å². The summed E-state index contributed by atoms with van der Waals surface area (Å²) in [7, 11) is 0. The molecule has 0 fully saturated rings. The fraction of sp³-hybridized carbons (Fsp3) is 0.167. The zero-order valence-electron chi connectivity index (χ0n) is 14.9. The third-order valence-corrected chi connectivity index (χ3v) is 5.65. The number of hydrogen-bond donors (Lipinski definition) is 0. The molecule has 1 nitrogen and oxygen atoms in total. The maximum atomic E-state index is 6.73. The Kier molecular flexibility index (Phi) is 5.80. The van der Waals surface area contributed by atoms with E-state index >= 15 is 0 Å². The van der Waals surface area contributed by atoms with Crippen LogP contribution in [0, 0.1) is 0 Å². The topological polar surface area (TPSA) is 9.23 Å². The van der Waals surface area contributed by atoms with Crippen molar-refractivity contribution >= 4 is 53.4 Å². The molecule has 0 saturated heterocycles. The number of aryl methyl sites for hydroxylation is 2. The molecular weight excluding hydrogens is 464 g/mol. The Morgan fingerprint density at radius 2 is 1.00 bits per heavy atom. The second-order valence-corrected chi connectivity index (χ2v) is 8.12. The first-order valence-electron chi connectivity index (χ1n) is 9.13. The molecule has 0 aliphatic heterocycles. The molecule has 0 unspecified atom stereocenters. The number of hydrogen-bond acceptors (Lipinski definition) is 1. The van der Waals surface area contributed by atoms with E-state index in [1.54, 1.807) is 0 Å². The van der Waals surface area contributed by atoms with Crippen molar-refractivity contribution in [3.05, 3.63) is 83.9 Å². The molecule has 3 heteroatoms. The third-order valence-electron chi connectivity index (χ3n) is 4.85. The molecule has 4 rings (SSSR count). The maximum absolute atomic E-state index is 6.73. The SMILES string of the molecule is BrCCc1ccc2ccccc2c1Oc1c(CCBr)ccc2ccccc12. The van der Waals surface area contributed by atoms with Crippen LogP contribution in [0.2, 0.25) is 0 Å². The van der Waals surface area contributed by atoms with E-state index in [4.69, 9.17) is 4.74 Å². The highest BCUT2D eigenvalue weighted by atomic mass is 79.9. The van der Waals surface area contributed by atoms with Crippen molar-refractivity contribution in [1.82, 2.24) is 0 Å². The molecule has 27 heavy (non-hydrogen) atoms. The quantitative estimate of drug-likeness (QED) is 0.256. The first kappa shape index (κ1) is 18.5. The molecule has 0 spiro atoms. The zero-order chi connectivity index (χ0) is 18.6. The van der Waals surface area contributed by atoms with Crippen LogP contribution in [-0.4, -0.2) is 10.7 Å². The van der Waals surface area contributed by atoms with Crippen molar-refractivity contribution in [2.24, 2.45) is 0 Å². The van der Waals surface area contributed by atoms with Crippen LogP contribution in [0.5, 0.6) is 11.5 Å². The molecule has 0 amide bonds. The largest absolute Gasteiger partial charge is 0.455 e. The van der Waals surface area contributed by atoms with E-state index in [-0.39, 0.29) is 0 Å². The summed E-state index contributed by atoms with van der Waals surface area (Å²) in [5, 5.41) is 6.54. The Labute approximate surface area is 176 Å². The minimum Gasteiger partial charge on any atom is -0.455 e. The molecule has 0 heterocycles. The standard InChI is InChI=1S/C24H20Br2O/c25-15-13-19-11-9-17-5-1-3-7-21(17)23(19)27-24-20(14-16-26)12-10-18-6-2-4-8-22(18)24/h1-12H,13-16H2. The summed E-state index contributed by atoms with van der Waals surface area (Å²) in [6.07, 6.45) is 1.86. The van der Waals surface area contributed by atoms with Crippen LogP contribution in [0.3, 0.4) is 0 Å². The van der Waals surface area contributed by atoms with Gasteiger partial charge in [-0.3, -0.25) is 0 Å². The van der Waals surface area contributed by atoms with Crippen molar-refractivity contribution in [2.45, 2.75) is 12.8 Å². The minimum absolute atomic E-state index is 0.908. The van der Waals surface area contributed by atoms with Gasteiger partial charge in [-0.25, -0.2) is 0 Å². The van der Waals surface area contributed by atoms with Crippen molar-refractivity contribution in [2.75, 3.05) is 10.7 Å². The van der Waals surface area contributed by atoms with E-state index < -0.39 is 0 Å². The Bertz CT molecular complexity index is 1000. The number of alkyl halides is 2. The van der Waals surface area contributed by atoms with Crippen molar-refractivity contribution in [3.8, 4) is 11.5 Å². The lowest BCUT2D eigenvalue weighted by Gasteiger charge is -2.18. The predicted molar refractivity (Wildman–Crippen MR) is 123 cm³/mol. The highest BCUT2D eigenvalue weighted by Crippen LogP contribution is 2.39. The summed E-state index contributed by atoms with van der Waals surface area (Å²) in [6.45, 7) is 0. The zero-order valence-corrected chi connectivity index (χ0v) is 18.1. The second-order valence-electron chi connectivity index (χ2n) is 6.53. The summed E-state index contributed by atoms with van der Waals surface area (Å²) in [4.78, 5) is 0. The Morgan fingerprint density at radius 1 is 0.556 bits per heavy atom. The van der Waals surface area contributed by atoms with Gasteiger partial charge in [0.1, 0.15) is 11.5 Å². The first-order chi connectivity index (χ1) is 13.3. The molecule has 0 radical (unpaired) electrons. The van der Waals surface area contributed by atoms with Crippen molar-refractivity contribution in [3.63, 3.8) is 0 Å². The molecule has 0 saturated carbocycles. The number of ether oxygens (including phenoxy) is 1. The van der Waals surface area contributed by atoms with E-state index in [9.17, 15) is 0 Å². The molecule has 0 bridgehead atoms. The van der Waals surface area contributed by atoms with Crippen molar-refractivity contribution in [1.29, 1.82) is 0 Å². The van der Waals surface area contributed by atoms with Crippen LogP contribution in [-0.2, 0) is 12.8 Å². The van der Waals surface area contributed by atoms with Gasteiger partial charge in [-0.15, -0.1) is 0 Å². The van der Waals surface area contributed by atoms with E-state index in [1.165, 1.54) is 21.9 Å². The first-order valence-corrected chi connectivity index (χ1v) is 11.4. The van der Waals surface area contributed by atoms with Gasteiger partial charge in [0.05, 0.1) is 0 Å². The molecule has 0 N–H and O–H groups in total. The van der Waals surface area contributed by atoms with Gasteiger partial charge in [-0.2, -0.15) is 0 Å². The van der Waals surface area contributed by atoms with E-state index in [0.717, 1.165) is 45.8 Å². The van der Waals surface area contributed by atoms with Gasteiger partial charge < -0.3 is 4.74 Å². The Balaban J connectivity index is 1.94. The Morgan fingerprint density at radius 3 is 1.44 bits per heavy atom. The van der Waals surface area contributed by atoms with Gasteiger partial charge in [0, 0.05) is 21.4 Å². The van der Waals surface area contributed by atoms with Crippen molar-refractivity contribution < 1.29 is 4.74 Å². The van der Waals surface area contributed by atoms with Crippen LogP contribution in [0.4, 0.5) is 0 Å². The number of halogens is 2. The lowest BCUT2D eigenvalue weighted by Crippen LogP contribution is -1.99. The molecule has 0 atom stereocenters. The lowest BCUT2D eigenvalue weighted by molar-refractivity contribution is 0.483. The summed E-state index contributed by atoms with van der Waals surface area (Å²) in [5.74, 6) is 1.94. The van der Waals surface area contributed by atoms with Crippen LogP contribution in [0.25, 0.3) is 21.5 Å². The summed E-state index contributed by atoms with van der Waals surface area (Å²) < 4.78 is 6.73. The highest BCUT2D eigenvalue weighted by Gasteiger charge is 2.15. The highest BCUT2D eigenvalue weighted by molar-refractivity contribution is 9.09. The fourth-order valence-electron chi connectivity index (χ4n) is 3.52. The third kappa shape index (κ3) is 3.76. The average Bonchev–Trinajstić information content (AvgIpc) is 2.71. The molecular formula is C24H20Br2O. The fourth-order valence-corrected chi connectivity index (χ4v) is 4.37. The molecule has 136 valence electrons. The van der Waals surface area contributed by atoms with Gasteiger partial charge in [0.15, 0.2) is 0 Å². The second kappa shape index (κ2) is 8.45. The van der Waals surface area contributed by atoms with E-state index in [2.05, 4.69) is 105 Å². The number of rotatable bonds is 6. The molecule has 0 aliphatic rings. The minimum atomic E-state index is 0.908. The Hall–Kier alpha value is -1.84. The van der Waals surface area contributed by atoms with Crippen LogP contribution in [0.1, 0.15) is 11.1 Å². The average molecular weight is 484 g/mol. The van der Waals surface area contributed by atoms with Gasteiger partial charge >= 0.3 is 0 Å². The summed E-state index contributed by atoms with van der Waals surface area (Å²) in [5.41, 5.74) is 2.45. The smallest absolute Gasteiger partial charge is 0.138 e. The van der Waals surface area contributed by atoms with Gasteiger partial charge in [0.25, 0.3) is 0 Å². The van der Waals surface area contributed by atoms with Crippen LogP contribution < -0.4 is 4.74 Å². The maximum Gasteiger partial charge on any atom is 0.138 e. The molecule has 4 aromatic carbocycles. The number of fused-ring (bicyclic) bond motifs is 2. The molecule has 4 aromatic rings. The van der Waals surface area contributed by atoms with Crippen LogP contribution >= 0.6 is 31.9 Å². The predicted octanol–water partition coefficient (Wildman–Crippen LogP) is 7.66. The van der Waals surface area contributed by atoms with Gasteiger partial charge in [0.2, 0.25) is 0 Å². The van der Waals surface area contributed by atoms with Gasteiger partial charge in [-0.05, 0) is 34.7 Å². The number of benzene rings is 4. The summed E-state index contributed by atoms with van der Waals surface area (Å²) in [6, 6.07) is 25.6. The van der Waals surface area contributed by atoms with Gasteiger partial charge in [-0.1, -0.05) is 105 Å². The molecule has 0 aliphatic carbocycles. The summed E-state index contributed by atoms with van der Waals surface area (Å²) >= 11 is 7.17. The van der Waals surface area contributed by atoms with Crippen LogP contribution in [0.15, 0.2) is 72.8 Å². The lowest BCUT2D eigenvalue weighted by atomic mass is 10.0. The normalized spacial score (nSPS) is 11.2.